The zero-order valence-corrected chi connectivity index (χ0v) is 13.4. The van der Waals surface area contributed by atoms with E-state index in [0.29, 0.717) is 0 Å². The second-order valence-corrected chi connectivity index (χ2v) is 6.83. The molecular weight excluding hydrogens is 306 g/mol. The second-order valence-electron chi connectivity index (χ2n) is 6.83. The monoisotopic (exact) mass is 325 g/mol. The van der Waals surface area contributed by atoms with Crippen molar-refractivity contribution in [2.45, 2.75) is 19.4 Å². The van der Waals surface area contributed by atoms with Crippen LogP contribution in [0.3, 0.4) is 0 Å². The molecule has 1 N–H and O–H groups in total. The minimum atomic E-state index is -0.318. The highest BCUT2D eigenvalue weighted by Crippen LogP contribution is 2.52. The van der Waals surface area contributed by atoms with Crippen LogP contribution in [-0.4, -0.2) is 34.2 Å². The normalized spacial score (nSPS) is 31.5. The summed E-state index contributed by atoms with van der Waals surface area (Å²) in [5.41, 5.74) is 0.927. The van der Waals surface area contributed by atoms with Gasteiger partial charge in [-0.25, -0.2) is 0 Å². The summed E-state index contributed by atoms with van der Waals surface area (Å²) in [5.74, 6) is -0.861. The van der Waals surface area contributed by atoms with Crippen LogP contribution >= 0.6 is 0 Å². The first-order chi connectivity index (χ1) is 11.6. The maximum atomic E-state index is 12.6. The first-order valence-corrected chi connectivity index (χ1v) is 8.29. The zero-order chi connectivity index (χ0) is 16.8. The highest BCUT2D eigenvalue weighted by molar-refractivity contribution is 6.08. The number of nitrogens with zero attached hydrogens (tertiary/aromatic N) is 2. The average molecular weight is 325 g/mol. The minimum absolute atomic E-state index is 0.167. The van der Waals surface area contributed by atoms with Gasteiger partial charge < -0.3 is 5.32 Å². The topological polar surface area (TPSA) is 79.4 Å². The Labute approximate surface area is 139 Å². The van der Waals surface area contributed by atoms with E-state index < -0.39 is 0 Å². The van der Waals surface area contributed by atoms with E-state index in [1.807, 2.05) is 31.2 Å². The molecule has 1 aliphatic heterocycles. The lowest BCUT2D eigenvalue weighted by molar-refractivity contribution is -0.144. The molecule has 5 atom stereocenters. The fourth-order valence-electron chi connectivity index (χ4n) is 4.29. The van der Waals surface area contributed by atoms with E-state index >= 15 is 0 Å². The number of carbonyl (C=O) groups is 3. The molecule has 1 saturated heterocycles. The maximum Gasteiger partial charge on any atom is 0.240 e. The van der Waals surface area contributed by atoms with Gasteiger partial charge in [-0.3, -0.25) is 24.3 Å². The van der Waals surface area contributed by atoms with Gasteiger partial charge in [0.15, 0.2) is 0 Å². The van der Waals surface area contributed by atoms with Crippen LogP contribution in [0, 0.1) is 23.7 Å². The Morgan fingerprint density at radius 2 is 1.79 bits per heavy atom. The quantitative estimate of drug-likeness (QED) is 0.663. The average Bonchev–Trinajstić information content (AvgIpc) is 3.25. The van der Waals surface area contributed by atoms with Crippen LogP contribution in [-0.2, 0) is 14.4 Å². The molecule has 3 aliphatic rings. The second kappa shape index (κ2) is 5.54. The van der Waals surface area contributed by atoms with Crippen LogP contribution < -0.4 is 5.32 Å². The van der Waals surface area contributed by atoms with Crippen molar-refractivity contribution >= 4 is 17.7 Å². The van der Waals surface area contributed by atoms with Crippen LogP contribution in [0.15, 0.2) is 36.7 Å². The smallest absolute Gasteiger partial charge is 0.240 e. The Hall–Kier alpha value is -2.50. The first-order valence-electron chi connectivity index (χ1n) is 8.29. The van der Waals surface area contributed by atoms with Gasteiger partial charge in [-0.1, -0.05) is 12.2 Å². The standard InChI is InChI=1S/C18H19N3O3/c1-10(11-4-6-19-7-5-11)20-14(22)9-21-17(23)15-12-2-3-13(8-12)16(15)18(21)24/h2-7,10,12-13,15-16H,8-9H2,1H3,(H,20,22). The van der Waals surface area contributed by atoms with Crippen LogP contribution in [0.1, 0.15) is 24.9 Å². The molecular formula is C18H19N3O3. The summed E-state index contributed by atoms with van der Waals surface area (Å²) >= 11 is 0. The number of pyridine rings is 1. The van der Waals surface area contributed by atoms with Gasteiger partial charge >= 0.3 is 0 Å². The summed E-state index contributed by atoms with van der Waals surface area (Å²) in [6, 6.07) is 3.45. The summed E-state index contributed by atoms with van der Waals surface area (Å²) in [6.45, 7) is 1.67. The van der Waals surface area contributed by atoms with Gasteiger partial charge in [0.1, 0.15) is 6.54 Å². The number of amides is 3. The molecule has 1 saturated carbocycles. The SMILES string of the molecule is CC(NC(=O)CN1C(=O)C2C3C=CC(C3)C2C1=O)c1ccncc1. The van der Waals surface area contributed by atoms with E-state index in [1.165, 1.54) is 0 Å². The number of fused-ring (bicyclic) bond motifs is 5. The molecule has 1 aromatic rings. The van der Waals surface area contributed by atoms with Gasteiger partial charge in [-0.05, 0) is 42.9 Å². The molecule has 2 fully saturated rings. The highest BCUT2D eigenvalue weighted by Gasteiger charge is 2.59. The Morgan fingerprint density at radius 1 is 1.21 bits per heavy atom. The fraction of sp³-hybridized carbons (Fsp3) is 0.444. The van der Waals surface area contributed by atoms with E-state index in [0.717, 1.165) is 16.9 Å². The molecule has 2 aliphatic carbocycles. The number of rotatable bonds is 4. The van der Waals surface area contributed by atoms with Crippen molar-refractivity contribution in [3.05, 3.63) is 42.2 Å². The lowest BCUT2D eigenvalue weighted by Crippen LogP contribution is -2.42. The molecule has 6 heteroatoms. The number of allylic oxidation sites excluding steroid dienone is 2. The number of carbonyl (C=O) groups excluding carboxylic acids is 3. The number of aromatic nitrogens is 1. The van der Waals surface area contributed by atoms with Crippen molar-refractivity contribution < 1.29 is 14.4 Å². The molecule has 1 aromatic heterocycles. The Balaban J connectivity index is 1.42. The van der Waals surface area contributed by atoms with Crippen molar-refractivity contribution in [1.82, 2.24) is 15.2 Å². The van der Waals surface area contributed by atoms with Crippen LogP contribution in [0.25, 0.3) is 0 Å². The molecule has 24 heavy (non-hydrogen) atoms. The molecule has 6 nitrogen and oxygen atoms in total. The third kappa shape index (κ3) is 2.25. The minimum Gasteiger partial charge on any atom is -0.348 e. The van der Waals surface area contributed by atoms with E-state index in [-0.39, 0.29) is 54.0 Å². The predicted octanol–water partition coefficient (Wildman–Crippen LogP) is 1.07. The maximum absolute atomic E-state index is 12.6. The molecule has 0 spiro atoms. The van der Waals surface area contributed by atoms with Gasteiger partial charge in [0.2, 0.25) is 17.7 Å². The molecule has 2 heterocycles. The number of hydrogen-bond donors (Lipinski definition) is 1. The summed E-state index contributed by atoms with van der Waals surface area (Å²) < 4.78 is 0. The van der Waals surface area contributed by atoms with Crippen LogP contribution in [0.2, 0.25) is 0 Å². The number of imide groups is 1. The molecule has 3 amide bonds. The molecule has 0 aromatic carbocycles. The van der Waals surface area contributed by atoms with Gasteiger partial charge in [-0.15, -0.1) is 0 Å². The van der Waals surface area contributed by atoms with Crippen molar-refractivity contribution in [2.75, 3.05) is 6.54 Å². The molecule has 0 radical (unpaired) electrons. The Bertz CT molecular complexity index is 700. The predicted molar refractivity (Wildman–Crippen MR) is 85.2 cm³/mol. The fourth-order valence-corrected chi connectivity index (χ4v) is 4.29. The van der Waals surface area contributed by atoms with Gasteiger partial charge in [-0.2, -0.15) is 0 Å². The summed E-state index contributed by atoms with van der Waals surface area (Å²) in [5, 5.41) is 2.84. The van der Waals surface area contributed by atoms with Crippen molar-refractivity contribution in [1.29, 1.82) is 0 Å². The van der Waals surface area contributed by atoms with Crippen molar-refractivity contribution in [3.8, 4) is 0 Å². The first kappa shape index (κ1) is 15.1. The van der Waals surface area contributed by atoms with Crippen molar-refractivity contribution in [3.63, 3.8) is 0 Å². The lowest BCUT2D eigenvalue weighted by Gasteiger charge is -2.19. The van der Waals surface area contributed by atoms with Crippen molar-refractivity contribution in [2.24, 2.45) is 23.7 Å². The number of nitrogens with one attached hydrogen (secondary N) is 1. The van der Waals surface area contributed by atoms with Gasteiger partial charge in [0.25, 0.3) is 0 Å². The third-order valence-corrected chi connectivity index (χ3v) is 5.45. The van der Waals surface area contributed by atoms with Gasteiger partial charge in [0.05, 0.1) is 17.9 Å². The van der Waals surface area contributed by atoms with E-state index in [2.05, 4.69) is 10.3 Å². The Kier molecular flexibility index (Phi) is 3.48. The summed E-state index contributed by atoms with van der Waals surface area (Å²) in [4.78, 5) is 42.5. The lowest BCUT2D eigenvalue weighted by atomic mass is 9.85. The van der Waals surface area contributed by atoms with E-state index in [1.54, 1.807) is 12.4 Å². The number of hydrogen-bond acceptors (Lipinski definition) is 4. The van der Waals surface area contributed by atoms with Gasteiger partial charge in [0, 0.05) is 12.4 Å². The molecule has 2 bridgehead atoms. The number of likely N-dealkylation sites (tertiary alicyclic amines) is 1. The Morgan fingerprint density at radius 3 is 2.38 bits per heavy atom. The van der Waals surface area contributed by atoms with E-state index in [9.17, 15) is 14.4 Å². The summed E-state index contributed by atoms with van der Waals surface area (Å²) in [7, 11) is 0. The molecule has 124 valence electrons. The molecule has 5 unspecified atom stereocenters. The third-order valence-electron chi connectivity index (χ3n) is 5.45. The van der Waals surface area contributed by atoms with Crippen LogP contribution in [0.5, 0.6) is 0 Å². The highest BCUT2D eigenvalue weighted by atomic mass is 16.2. The van der Waals surface area contributed by atoms with E-state index in [4.69, 9.17) is 0 Å². The largest absolute Gasteiger partial charge is 0.348 e. The molecule has 4 rings (SSSR count). The summed E-state index contributed by atoms with van der Waals surface area (Å²) in [6.07, 6.45) is 8.31. The zero-order valence-electron chi connectivity index (χ0n) is 13.4. The van der Waals surface area contributed by atoms with Crippen LogP contribution in [0.4, 0.5) is 0 Å².